The van der Waals surface area contributed by atoms with Gasteiger partial charge in [0.15, 0.2) is 0 Å². The van der Waals surface area contributed by atoms with Crippen molar-refractivity contribution in [2.75, 3.05) is 6.54 Å². The molecular weight excluding hydrogens is 270 g/mol. The lowest BCUT2D eigenvalue weighted by atomic mass is 9.77. The highest BCUT2D eigenvalue weighted by Crippen LogP contribution is 2.38. The van der Waals surface area contributed by atoms with Crippen LogP contribution in [-0.2, 0) is 5.60 Å². The van der Waals surface area contributed by atoms with E-state index in [9.17, 15) is 5.11 Å². The molecule has 0 saturated carbocycles. The minimum Gasteiger partial charge on any atom is -0.385 e. The molecule has 2 heteroatoms. The molecule has 22 heavy (non-hydrogen) atoms. The first-order valence-electron chi connectivity index (χ1n) is 7.60. The third kappa shape index (κ3) is 2.52. The second-order valence-electron chi connectivity index (χ2n) is 5.87. The standard InChI is InChI=1S/C20H21NO/c1-20(22,16-10-3-2-4-11-16)19(14-21)18-13-7-9-15-8-5-6-12-17(15)18/h2-13,19,22H,14,21H2,1H3. The maximum atomic E-state index is 11.2. The van der Waals surface area contributed by atoms with E-state index in [4.69, 9.17) is 5.73 Å². The average Bonchev–Trinajstić information content (AvgIpc) is 2.56. The molecule has 0 saturated heterocycles. The van der Waals surface area contributed by atoms with Crippen molar-refractivity contribution in [2.45, 2.75) is 18.4 Å². The van der Waals surface area contributed by atoms with Gasteiger partial charge in [-0.3, -0.25) is 0 Å². The van der Waals surface area contributed by atoms with Gasteiger partial charge in [-0.15, -0.1) is 0 Å². The molecule has 0 radical (unpaired) electrons. The van der Waals surface area contributed by atoms with Crippen LogP contribution in [0.4, 0.5) is 0 Å². The van der Waals surface area contributed by atoms with Crippen LogP contribution in [0.15, 0.2) is 72.8 Å². The summed E-state index contributed by atoms with van der Waals surface area (Å²) >= 11 is 0. The Labute approximate surface area is 131 Å². The number of hydrogen-bond donors (Lipinski definition) is 2. The molecule has 0 aliphatic carbocycles. The second-order valence-corrected chi connectivity index (χ2v) is 5.87. The van der Waals surface area contributed by atoms with E-state index in [1.54, 1.807) is 0 Å². The van der Waals surface area contributed by atoms with Gasteiger partial charge in [0.1, 0.15) is 0 Å². The van der Waals surface area contributed by atoms with Crippen LogP contribution in [0.3, 0.4) is 0 Å². The fourth-order valence-electron chi connectivity index (χ4n) is 3.19. The zero-order chi connectivity index (χ0) is 15.6. The summed E-state index contributed by atoms with van der Waals surface area (Å²) in [5, 5.41) is 13.5. The van der Waals surface area contributed by atoms with Crippen LogP contribution in [-0.4, -0.2) is 11.7 Å². The molecule has 0 aromatic heterocycles. The van der Waals surface area contributed by atoms with Crippen molar-refractivity contribution in [3.8, 4) is 0 Å². The average molecular weight is 291 g/mol. The van der Waals surface area contributed by atoms with Gasteiger partial charge in [0, 0.05) is 12.5 Å². The van der Waals surface area contributed by atoms with E-state index in [1.807, 2.05) is 55.5 Å². The molecule has 2 nitrogen and oxygen atoms in total. The molecule has 0 fully saturated rings. The number of fused-ring (bicyclic) bond motifs is 1. The Hall–Kier alpha value is -2.16. The van der Waals surface area contributed by atoms with Gasteiger partial charge in [0.25, 0.3) is 0 Å². The molecule has 3 aromatic rings. The van der Waals surface area contributed by atoms with Crippen LogP contribution in [0.25, 0.3) is 10.8 Å². The summed E-state index contributed by atoms with van der Waals surface area (Å²) in [5.41, 5.74) is 7.03. The highest BCUT2D eigenvalue weighted by molar-refractivity contribution is 5.86. The van der Waals surface area contributed by atoms with Gasteiger partial charge in [0.05, 0.1) is 5.60 Å². The molecule has 0 spiro atoms. The first-order chi connectivity index (χ1) is 10.6. The van der Waals surface area contributed by atoms with E-state index in [0.717, 1.165) is 16.5 Å². The predicted octanol–water partition coefficient (Wildman–Crippen LogP) is 3.79. The lowest BCUT2D eigenvalue weighted by Gasteiger charge is -2.33. The molecule has 0 aliphatic rings. The van der Waals surface area contributed by atoms with E-state index >= 15 is 0 Å². The molecule has 0 heterocycles. The van der Waals surface area contributed by atoms with Crippen LogP contribution < -0.4 is 5.73 Å². The highest BCUT2D eigenvalue weighted by Gasteiger charge is 2.34. The SMILES string of the molecule is CC(O)(c1ccccc1)C(CN)c1cccc2ccccc12. The molecule has 0 aliphatic heterocycles. The number of hydrogen-bond acceptors (Lipinski definition) is 2. The van der Waals surface area contributed by atoms with Crippen LogP contribution >= 0.6 is 0 Å². The second kappa shape index (κ2) is 5.91. The minimum absolute atomic E-state index is 0.166. The topological polar surface area (TPSA) is 46.2 Å². The molecule has 2 unspecified atom stereocenters. The maximum absolute atomic E-state index is 11.2. The first-order valence-corrected chi connectivity index (χ1v) is 7.60. The lowest BCUT2D eigenvalue weighted by molar-refractivity contribution is 0.0296. The smallest absolute Gasteiger partial charge is 0.0949 e. The number of benzene rings is 3. The van der Waals surface area contributed by atoms with Gasteiger partial charge in [-0.2, -0.15) is 0 Å². The normalized spacial score (nSPS) is 15.4. The number of nitrogens with two attached hydrogens (primary N) is 1. The van der Waals surface area contributed by atoms with Crippen molar-refractivity contribution in [1.82, 2.24) is 0 Å². The van der Waals surface area contributed by atoms with Gasteiger partial charge in [-0.1, -0.05) is 72.8 Å². The van der Waals surface area contributed by atoms with Crippen LogP contribution in [0.1, 0.15) is 24.0 Å². The number of rotatable bonds is 4. The Bertz CT molecular complexity index is 760. The van der Waals surface area contributed by atoms with Crippen LogP contribution in [0.5, 0.6) is 0 Å². The van der Waals surface area contributed by atoms with Gasteiger partial charge in [-0.05, 0) is 28.8 Å². The fraction of sp³-hybridized carbons (Fsp3) is 0.200. The van der Waals surface area contributed by atoms with Crippen LogP contribution in [0, 0.1) is 0 Å². The number of aliphatic hydroxyl groups is 1. The third-order valence-electron chi connectivity index (χ3n) is 4.47. The van der Waals surface area contributed by atoms with E-state index in [2.05, 4.69) is 24.3 Å². The van der Waals surface area contributed by atoms with Crippen molar-refractivity contribution < 1.29 is 5.11 Å². The predicted molar refractivity (Wildman–Crippen MR) is 91.8 cm³/mol. The zero-order valence-corrected chi connectivity index (χ0v) is 12.7. The van der Waals surface area contributed by atoms with Crippen molar-refractivity contribution in [1.29, 1.82) is 0 Å². The summed E-state index contributed by atoms with van der Waals surface area (Å²) < 4.78 is 0. The summed E-state index contributed by atoms with van der Waals surface area (Å²) in [6.45, 7) is 2.23. The van der Waals surface area contributed by atoms with E-state index in [-0.39, 0.29) is 5.92 Å². The summed E-state index contributed by atoms with van der Waals surface area (Å²) in [4.78, 5) is 0. The highest BCUT2D eigenvalue weighted by atomic mass is 16.3. The van der Waals surface area contributed by atoms with Crippen molar-refractivity contribution >= 4 is 10.8 Å². The Morgan fingerprint density at radius 3 is 2.27 bits per heavy atom. The van der Waals surface area contributed by atoms with Gasteiger partial charge in [-0.25, -0.2) is 0 Å². The zero-order valence-electron chi connectivity index (χ0n) is 12.7. The molecule has 3 aromatic carbocycles. The Morgan fingerprint density at radius 2 is 1.55 bits per heavy atom. The van der Waals surface area contributed by atoms with E-state index in [1.165, 1.54) is 5.39 Å². The monoisotopic (exact) mass is 291 g/mol. The summed E-state index contributed by atoms with van der Waals surface area (Å²) in [7, 11) is 0. The molecule has 0 bridgehead atoms. The Morgan fingerprint density at radius 1 is 0.909 bits per heavy atom. The maximum Gasteiger partial charge on any atom is 0.0949 e. The molecule has 3 N–H and O–H groups in total. The largest absolute Gasteiger partial charge is 0.385 e. The molecule has 112 valence electrons. The minimum atomic E-state index is -1.01. The first kappa shape index (κ1) is 14.8. The quantitative estimate of drug-likeness (QED) is 0.768. The van der Waals surface area contributed by atoms with Crippen LogP contribution in [0.2, 0.25) is 0 Å². The summed E-state index contributed by atoms with van der Waals surface area (Å²) in [5.74, 6) is -0.166. The van der Waals surface area contributed by atoms with Gasteiger partial charge in [0.2, 0.25) is 0 Å². The summed E-state index contributed by atoms with van der Waals surface area (Å²) in [6, 6.07) is 24.2. The van der Waals surface area contributed by atoms with Gasteiger partial charge >= 0.3 is 0 Å². The Kier molecular flexibility index (Phi) is 3.97. The van der Waals surface area contributed by atoms with E-state index < -0.39 is 5.60 Å². The van der Waals surface area contributed by atoms with Crippen molar-refractivity contribution in [3.63, 3.8) is 0 Å². The van der Waals surface area contributed by atoms with Crippen molar-refractivity contribution in [3.05, 3.63) is 83.9 Å². The van der Waals surface area contributed by atoms with E-state index in [0.29, 0.717) is 6.54 Å². The molecular formula is C20H21NO. The van der Waals surface area contributed by atoms with Crippen molar-refractivity contribution in [2.24, 2.45) is 5.73 Å². The fourth-order valence-corrected chi connectivity index (χ4v) is 3.19. The Balaban J connectivity index is 2.14. The molecule has 3 rings (SSSR count). The lowest BCUT2D eigenvalue weighted by Crippen LogP contribution is -2.35. The molecule has 2 atom stereocenters. The summed E-state index contributed by atoms with van der Waals surface area (Å²) in [6.07, 6.45) is 0. The third-order valence-corrected chi connectivity index (χ3v) is 4.47. The molecule has 0 amide bonds. The van der Waals surface area contributed by atoms with Gasteiger partial charge < -0.3 is 10.8 Å².